The van der Waals surface area contributed by atoms with E-state index in [1.165, 1.54) is 7.11 Å². The molecule has 4 N–H and O–H groups in total. The number of benzene rings is 2. The molecule has 2 aromatic carbocycles. The number of hydrogen-bond donors (Lipinski definition) is 2. The van der Waals surface area contributed by atoms with Gasteiger partial charge in [-0.2, -0.15) is 10.2 Å². The molecule has 0 aliphatic rings. The smallest absolute Gasteiger partial charge is 0.222 e. The van der Waals surface area contributed by atoms with Crippen LogP contribution in [0.15, 0.2) is 48.5 Å². The summed E-state index contributed by atoms with van der Waals surface area (Å²) in [6.07, 6.45) is 0. The Morgan fingerprint density at radius 1 is 1.11 bits per heavy atom. The van der Waals surface area contributed by atoms with E-state index in [1.54, 1.807) is 42.5 Å². The quantitative estimate of drug-likeness (QED) is 0.627. The van der Waals surface area contributed by atoms with Crippen molar-refractivity contribution < 1.29 is 14.3 Å². The number of hydrogen-bond acceptors (Lipinski definition) is 8. The first-order valence-corrected chi connectivity index (χ1v) is 8.26. The molecule has 0 fully saturated rings. The van der Waals surface area contributed by atoms with Crippen molar-refractivity contribution in [3.63, 3.8) is 0 Å². The van der Waals surface area contributed by atoms with Crippen molar-refractivity contribution in [3.8, 4) is 28.8 Å². The van der Waals surface area contributed by atoms with Crippen LogP contribution in [0.1, 0.15) is 15.9 Å². The predicted molar refractivity (Wildman–Crippen MR) is 104 cm³/mol. The van der Waals surface area contributed by atoms with Gasteiger partial charge < -0.3 is 20.9 Å². The maximum atomic E-state index is 12.2. The zero-order valence-electron chi connectivity index (χ0n) is 15.0. The van der Waals surface area contributed by atoms with E-state index in [0.29, 0.717) is 22.6 Å². The molecule has 0 saturated carbocycles. The van der Waals surface area contributed by atoms with E-state index < -0.39 is 0 Å². The molecule has 0 aliphatic heterocycles. The number of nitriles is 1. The summed E-state index contributed by atoms with van der Waals surface area (Å²) in [6.45, 7) is -0.142. The van der Waals surface area contributed by atoms with Crippen molar-refractivity contribution in [2.45, 2.75) is 0 Å². The number of methoxy groups -OCH3 is 1. The zero-order valence-corrected chi connectivity index (χ0v) is 15.0. The average molecular weight is 375 g/mol. The molecule has 0 aliphatic carbocycles. The first kappa shape index (κ1) is 18.7. The molecule has 0 amide bonds. The van der Waals surface area contributed by atoms with Gasteiger partial charge >= 0.3 is 0 Å². The highest BCUT2D eigenvalue weighted by atomic mass is 16.5. The first-order valence-electron chi connectivity index (χ1n) is 8.26. The highest BCUT2D eigenvalue weighted by Gasteiger charge is 2.16. The van der Waals surface area contributed by atoms with Crippen molar-refractivity contribution in [1.29, 1.82) is 5.26 Å². The molecule has 28 heavy (non-hydrogen) atoms. The molecule has 0 saturated heterocycles. The van der Waals surface area contributed by atoms with Gasteiger partial charge in [0, 0.05) is 11.1 Å². The van der Waals surface area contributed by atoms with Gasteiger partial charge in [-0.1, -0.05) is 30.3 Å². The zero-order chi connectivity index (χ0) is 20.1. The Balaban J connectivity index is 1.88. The molecule has 1 heterocycles. The van der Waals surface area contributed by atoms with Crippen molar-refractivity contribution in [3.05, 3.63) is 59.7 Å². The molecular formula is C20H17N5O3. The number of ketones is 1. The lowest BCUT2D eigenvalue weighted by Gasteiger charge is -2.13. The third kappa shape index (κ3) is 3.83. The second-order valence-corrected chi connectivity index (χ2v) is 5.75. The van der Waals surface area contributed by atoms with Gasteiger partial charge in [-0.25, -0.2) is 4.98 Å². The number of nitrogens with two attached hydrogens (primary N) is 2. The van der Waals surface area contributed by atoms with Gasteiger partial charge in [0.15, 0.2) is 23.9 Å². The summed E-state index contributed by atoms with van der Waals surface area (Å²) in [4.78, 5) is 20.1. The Hall–Kier alpha value is -4.12. The number of Topliss-reactive ketones (excluding diaryl/α,β-unsaturated/α-hetero) is 1. The standard InChI is InChI=1S/C20H17N5O3/c1-27-17-9-13(18-14(10-21)19(22)25-20(23)24-18)7-8-16(17)28-11-15(26)12-5-3-2-4-6-12/h2-9H,11H2,1H3,(H4,22,23,24,25). The highest BCUT2D eigenvalue weighted by molar-refractivity contribution is 5.97. The molecule has 0 spiro atoms. The highest BCUT2D eigenvalue weighted by Crippen LogP contribution is 2.34. The summed E-state index contributed by atoms with van der Waals surface area (Å²) in [5, 5.41) is 9.34. The predicted octanol–water partition coefficient (Wildman–Crippen LogP) is 2.45. The number of rotatable bonds is 6. The molecule has 3 aromatic rings. The van der Waals surface area contributed by atoms with Gasteiger partial charge in [-0.15, -0.1) is 0 Å². The van der Waals surface area contributed by atoms with Gasteiger partial charge in [0.05, 0.1) is 12.8 Å². The molecule has 3 rings (SSSR count). The number of aromatic nitrogens is 2. The summed E-state index contributed by atoms with van der Waals surface area (Å²) in [5.41, 5.74) is 12.9. The van der Waals surface area contributed by atoms with Crippen LogP contribution in [0.4, 0.5) is 11.8 Å². The molecule has 0 radical (unpaired) electrons. The van der Waals surface area contributed by atoms with Crippen LogP contribution in [0.2, 0.25) is 0 Å². The Labute approximate surface area is 161 Å². The fourth-order valence-corrected chi connectivity index (χ4v) is 2.60. The van der Waals surface area contributed by atoms with Gasteiger partial charge in [0.25, 0.3) is 0 Å². The SMILES string of the molecule is COc1cc(-c2nc(N)nc(N)c2C#N)ccc1OCC(=O)c1ccccc1. The van der Waals surface area contributed by atoms with Crippen LogP contribution in [-0.2, 0) is 0 Å². The number of nitrogen functional groups attached to an aromatic ring is 2. The van der Waals surface area contributed by atoms with E-state index in [9.17, 15) is 10.1 Å². The van der Waals surface area contributed by atoms with E-state index in [1.807, 2.05) is 12.1 Å². The molecule has 8 nitrogen and oxygen atoms in total. The number of anilines is 2. The molecule has 0 unspecified atom stereocenters. The second-order valence-electron chi connectivity index (χ2n) is 5.75. The van der Waals surface area contributed by atoms with Gasteiger partial charge in [-0.3, -0.25) is 4.79 Å². The van der Waals surface area contributed by atoms with Crippen molar-refractivity contribution >= 4 is 17.5 Å². The molecule has 1 aromatic heterocycles. The van der Waals surface area contributed by atoms with Crippen molar-refractivity contribution in [2.75, 3.05) is 25.2 Å². The molecule has 8 heteroatoms. The summed E-state index contributed by atoms with van der Waals surface area (Å²) in [7, 11) is 1.47. The third-order valence-electron chi connectivity index (χ3n) is 3.96. The maximum absolute atomic E-state index is 12.2. The monoisotopic (exact) mass is 375 g/mol. The summed E-state index contributed by atoms with van der Waals surface area (Å²) in [6, 6.07) is 15.8. The van der Waals surface area contributed by atoms with E-state index in [-0.39, 0.29) is 35.4 Å². The van der Waals surface area contributed by atoms with Crippen LogP contribution in [0.25, 0.3) is 11.3 Å². The summed E-state index contributed by atoms with van der Waals surface area (Å²) >= 11 is 0. The molecule has 140 valence electrons. The fourth-order valence-electron chi connectivity index (χ4n) is 2.60. The molecule has 0 bridgehead atoms. The number of ether oxygens (including phenoxy) is 2. The molecular weight excluding hydrogens is 358 g/mol. The van der Waals surface area contributed by atoms with Crippen LogP contribution in [-0.4, -0.2) is 29.5 Å². The lowest BCUT2D eigenvalue weighted by atomic mass is 10.1. The largest absolute Gasteiger partial charge is 0.493 e. The van der Waals surface area contributed by atoms with E-state index >= 15 is 0 Å². The number of nitrogens with zero attached hydrogens (tertiary/aromatic N) is 3. The normalized spacial score (nSPS) is 10.1. The van der Waals surface area contributed by atoms with E-state index in [0.717, 1.165) is 0 Å². The minimum absolute atomic E-state index is 0.00208. The van der Waals surface area contributed by atoms with Gasteiger partial charge in [0.1, 0.15) is 17.5 Å². The van der Waals surface area contributed by atoms with Crippen LogP contribution < -0.4 is 20.9 Å². The third-order valence-corrected chi connectivity index (χ3v) is 3.96. The minimum Gasteiger partial charge on any atom is -0.493 e. The van der Waals surface area contributed by atoms with Crippen LogP contribution >= 0.6 is 0 Å². The summed E-state index contributed by atoms with van der Waals surface area (Å²) < 4.78 is 11.0. The van der Waals surface area contributed by atoms with Crippen LogP contribution in [0.3, 0.4) is 0 Å². The number of carbonyl (C=O) groups excluding carboxylic acids is 1. The Kier molecular flexibility index (Phi) is 5.37. The summed E-state index contributed by atoms with van der Waals surface area (Å²) in [5.74, 6) is 0.550. The minimum atomic E-state index is -0.158. The van der Waals surface area contributed by atoms with E-state index in [2.05, 4.69) is 9.97 Å². The lowest BCUT2D eigenvalue weighted by molar-refractivity contribution is 0.0919. The van der Waals surface area contributed by atoms with Crippen LogP contribution in [0, 0.1) is 11.3 Å². The van der Waals surface area contributed by atoms with Crippen molar-refractivity contribution in [2.24, 2.45) is 0 Å². The Morgan fingerprint density at radius 2 is 1.86 bits per heavy atom. The Bertz CT molecular complexity index is 1060. The van der Waals surface area contributed by atoms with E-state index in [4.69, 9.17) is 20.9 Å². The van der Waals surface area contributed by atoms with Crippen molar-refractivity contribution in [1.82, 2.24) is 9.97 Å². The topological polar surface area (TPSA) is 137 Å². The van der Waals surface area contributed by atoms with Gasteiger partial charge in [0.2, 0.25) is 5.95 Å². The average Bonchev–Trinajstić information content (AvgIpc) is 2.72. The van der Waals surface area contributed by atoms with Gasteiger partial charge in [-0.05, 0) is 18.2 Å². The lowest BCUT2D eigenvalue weighted by Crippen LogP contribution is -2.12. The maximum Gasteiger partial charge on any atom is 0.222 e. The second kappa shape index (κ2) is 8.05. The Morgan fingerprint density at radius 3 is 2.54 bits per heavy atom. The van der Waals surface area contributed by atoms with Crippen LogP contribution in [0.5, 0.6) is 11.5 Å². The molecule has 0 atom stereocenters. The first-order chi connectivity index (χ1) is 13.5. The fraction of sp³-hybridized carbons (Fsp3) is 0.100. The number of carbonyl (C=O) groups is 1.